The first-order chi connectivity index (χ1) is 6.13. The Kier molecular flexibility index (Phi) is 3.49. The van der Waals surface area contributed by atoms with Gasteiger partial charge in [0.05, 0.1) is 0 Å². The fourth-order valence-electron chi connectivity index (χ4n) is 1.51. The van der Waals surface area contributed by atoms with Crippen LogP contribution in [0.15, 0.2) is 18.2 Å². The highest BCUT2D eigenvalue weighted by atomic mass is 16.3. The molecule has 0 aliphatic heterocycles. The quantitative estimate of drug-likeness (QED) is 0.754. The molecule has 1 nitrogen and oxygen atoms in total. The van der Waals surface area contributed by atoms with Crippen LogP contribution in [0.5, 0.6) is 0 Å². The summed E-state index contributed by atoms with van der Waals surface area (Å²) < 4.78 is 0. The zero-order valence-electron chi connectivity index (χ0n) is 8.67. The van der Waals surface area contributed by atoms with Crippen molar-refractivity contribution in [1.82, 2.24) is 0 Å². The maximum Gasteiger partial charge on any atom is 0.0459 e. The van der Waals surface area contributed by atoms with Gasteiger partial charge in [-0.05, 0) is 37.3 Å². The smallest absolute Gasteiger partial charge is 0.0459 e. The van der Waals surface area contributed by atoms with Crippen LogP contribution in [0.3, 0.4) is 0 Å². The van der Waals surface area contributed by atoms with Gasteiger partial charge in [0.25, 0.3) is 0 Å². The molecule has 0 heterocycles. The minimum atomic E-state index is 0.271. The zero-order valence-corrected chi connectivity index (χ0v) is 8.67. The van der Waals surface area contributed by atoms with Crippen molar-refractivity contribution in [3.63, 3.8) is 0 Å². The normalized spacial score (nSPS) is 12.9. The predicted molar refractivity (Wildman–Crippen MR) is 55.9 cm³/mol. The molecule has 72 valence electrons. The summed E-state index contributed by atoms with van der Waals surface area (Å²) in [6, 6.07) is 6.49. The topological polar surface area (TPSA) is 20.2 Å². The molecule has 1 atom stereocenters. The Morgan fingerprint density at radius 1 is 1.31 bits per heavy atom. The first-order valence-electron chi connectivity index (χ1n) is 4.80. The van der Waals surface area contributed by atoms with E-state index in [9.17, 15) is 0 Å². The molecule has 1 aromatic carbocycles. The van der Waals surface area contributed by atoms with Crippen molar-refractivity contribution in [3.8, 4) is 0 Å². The standard InChI is InChI=1S/C12H18O/c1-9-4-5-12(11(3)6-9)7-10(2)8-13/h4-6,10,13H,7-8H2,1-3H3. The minimum Gasteiger partial charge on any atom is -0.396 e. The largest absolute Gasteiger partial charge is 0.396 e. The van der Waals surface area contributed by atoms with Crippen LogP contribution in [-0.4, -0.2) is 11.7 Å². The molecular weight excluding hydrogens is 160 g/mol. The van der Waals surface area contributed by atoms with E-state index in [1.807, 2.05) is 0 Å². The van der Waals surface area contributed by atoms with E-state index in [1.54, 1.807) is 0 Å². The average Bonchev–Trinajstić information content (AvgIpc) is 2.09. The molecule has 13 heavy (non-hydrogen) atoms. The summed E-state index contributed by atoms with van der Waals surface area (Å²) in [4.78, 5) is 0. The fourth-order valence-corrected chi connectivity index (χ4v) is 1.51. The van der Waals surface area contributed by atoms with E-state index >= 15 is 0 Å². The van der Waals surface area contributed by atoms with Crippen LogP contribution in [0, 0.1) is 19.8 Å². The Balaban J connectivity index is 2.77. The fraction of sp³-hybridized carbons (Fsp3) is 0.500. The molecule has 0 aromatic heterocycles. The Hall–Kier alpha value is -0.820. The number of aryl methyl sites for hydroxylation is 2. The van der Waals surface area contributed by atoms with Crippen LogP contribution in [0.4, 0.5) is 0 Å². The third-order valence-corrected chi connectivity index (χ3v) is 2.38. The van der Waals surface area contributed by atoms with Crippen molar-refractivity contribution in [1.29, 1.82) is 0 Å². The lowest BCUT2D eigenvalue weighted by molar-refractivity contribution is 0.237. The van der Waals surface area contributed by atoms with E-state index in [0.717, 1.165) is 6.42 Å². The van der Waals surface area contributed by atoms with Gasteiger partial charge in [0, 0.05) is 6.61 Å². The van der Waals surface area contributed by atoms with E-state index < -0.39 is 0 Å². The summed E-state index contributed by atoms with van der Waals surface area (Å²) in [5.74, 6) is 0.362. The third-order valence-electron chi connectivity index (χ3n) is 2.38. The molecule has 0 aliphatic carbocycles. The van der Waals surface area contributed by atoms with E-state index in [-0.39, 0.29) is 6.61 Å². The molecule has 1 heteroatoms. The van der Waals surface area contributed by atoms with Crippen LogP contribution >= 0.6 is 0 Å². The number of rotatable bonds is 3. The SMILES string of the molecule is Cc1ccc(CC(C)CO)c(C)c1. The molecule has 1 aromatic rings. The lowest BCUT2D eigenvalue weighted by atomic mass is 9.97. The van der Waals surface area contributed by atoms with Gasteiger partial charge >= 0.3 is 0 Å². The second kappa shape index (κ2) is 4.43. The van der Waals surface area contributed by atoms with E-state index in [2.05, 4.69) is 39.0 Å². The predicted octanol–water partition coefficient (Wildman–Crippen LogP) is 2.47. The summed E-state index contributed by atoms with van der Waals surface area (Å²) >= 11 is 0. The molecule has 0 saturated carbocycles. The van der Waals surface area contributed by atoms with Gasteiger partial charge in [-0.15, -0.1) is 0 Å². The lowest BCUT2D eigenvalue weighted by Crippen LogP contribution is -2.05. The Morgan fingerprint density at radius 2 is 2.00 bits per heavy atom. The molecule has 0 aliphatic rings. The molecule has 0 bridgehead atoms. The number of benzene rings is 1. The van der Waals surface area contributed by atoms with Crippen molar-refractivity contribution < 1.29 is 5.11 Å². The van der Waals surface area contributed by atoms with Crippen molar-refractivity contribution in [3.05, 3.63) is 34.9 Å². The highest BCUT2D eigenvalue weighted by Crippen LogP contribution is 2.14. The highest BCUT2D eigenvalue weighted by Gasteiger charge is 2.04. The van der Waals surface area contributed by atoms with Crippen molar-refractivity contribution in [2.24, 2.45) is 5.92 Å². The van der Waals surface area contributed by atoms with Crippen molar-refractivity contribution in [2.75, 3.05) is 6.61 Å². The third kappa shape index (κ3) is 2.85. The second-order valence-electron chi connectivity index (χ2n) is 3.92. The number of hydrogen-bond acceptors (Lipinski definition) is 1. The summed E-state index contributed by atoms with van der Waals surface area (Å²) in [7, 11) is 0. The first kappa shape index (κ1) is 10.3. The number of aliphatic hydroxyl groups is 1. The molecule has 0 radical (unpaired) electrons. The van der Waals surface area contributed by atoms with Gasteiger partial charge in [-0.3, -0.25) is 0 Å². The van der Waals surface area contributed by atoms with E-state index in [4.69, 9.17) is 5.11 Å². The summed E-state index contributed by atoms with van der Waals surface area (Å²) in [5, 5.41) is 8.94. The Morgan fingerprint density at radius 3 is 2.54 bits per heavy atom. The molecule has 0 spiro atoms. The van der Waals surface area contributed by atoms with Gasteiger partial charge in [0.1, 0.15) is 0 Å². The molecule has 0 amide bonds. The minimum absolute atomic E-state index is 0.271. The van der Waals surface area contributed by atoms with Crippen molar-refractivity contribution >= 4 is 0 Å². The van der Waals surface area contributed by atoms with Crippen LogP contribution in [-0.2, 0) is 6.42 Å². The maximum atomic E-state index is 8.94. The van der Waals surface area contributed by atoms with E-state index in [0.29, 0.717) is 5.92 Å². The first-order valence-corrected chi connectivity index (χ1v) is 4.80. The average molecular weight is 178 g/mol. The van der Waals surface area contributed by atoms with Gasteiger partial charge in [0.15, 0.2) is 0 Å². The number of hydrogen-bond donors (Lipinski definition) is 1. The zero-order chi connectivity index (χ0) is 9.84. The molecule has 0 saturated heterocycles. The molecular formula is C12H18O. The molecule has 1 rings (SSSR count). The molecule has 0 fully saturated rings. The van der Waals surface area contributed by atoms with Crippen LogP contribution in [0.25, 0.3) is 0 Å². The lowest BCUT2D eigenvalue weighted by Gasteiger charge is -2.10. The molecule has 1 unspecified atom stereocenters. The van der Waals surface area contributed by atoms with Gasteiger partial charge < -0.3 is 5.11 Å². The maximum absolute atomic E-state index is 8.94. The van der Waals surface area contributed by atoms with E-state index in [1.165, 1.54) is 16.7 Å². The monoisotopic (exact) mass is 178 g/mol. The Labute approximate surface area is 80.4 Å². The van der Waals surface area contributed by atoms with Crippen molar-refractivity contribution in [2.45, 2.75) is 27.2 Å². The van der Waals surface area contributed by atoms with Gasteiger partial charge in [-0.2, -0.15) is 0 Å². The second-order valence-corrected chi connectivity index (χ2v) is 3.92. The van der Waals surface area contributed by atoms with Gasteiger partial charge in [-0.1, -0.05) is 30.7 Å². The Bertz CT molecular complexity index is 278. The summed E-state index contributed by atoms with van der Waals surface area (Å²) in [5.41, 5.74) is 3.99. The summed E-state index contributed by atoms with van der Waals surface area (Å²) in [6.45, 7) is 6.57. The van der Waals surface area contributed by atoms with Gasteiger partial charge in [0.2, 0.25) is 0 Å². The van der Waals surface area contributed by atoms with Crippen LogP contribution in [0.1, 0.15) is 23.6 Å². The van der Waals surface area contributed by atoms with Crippen LogP contribution in [0.2, 0.25) is 0 Å². The summed E-state index contributed by atoms with van der Waals surface area (Å²) in [6.07, 6.45) is 0.975. The van der Waals surface area contributed by atoms with Crippen LogP contribution < -0.4 is 0 Å². The van der Waals surface area contributed by atoms with Gasteiger partial charge in [-0.25, -0.2) is 0 Å². The molecule has 1 N–H and O–H groups in total. The number of aliphatic hydroxyl groups excluding tert-OH is 1. The highest BCUT2D eigenvalue weighted by molar-refractivity contribution is 5.30.